The minimum Gasteiger partial charge on any atom is -0.388 e. The summed E-state index contributed by atoms with van der Waals surface area (Å²) in [5.74, 6) is -1.91. The zero-order valence-corrected chi connectivity index (χ0v) is 22.8. The molecule has 37 heavy (non-hydrogen) atoms. The van der Waals surface area contributed by atoms with Crippen molar-refractivity contribution in [3.05, 3.63) is 63.4 Å². The van der Waals surface area contributed by atoms with E-state index < -0.39 is 29.2 Å². The molecule has 2 aromatic rings. The Labute approximate surface area is 226 Å². The fourth-order valence-corrected chi connectivity index (χ4v) is 6.12. The summed E-state index contributed by atoms with van der Waals surface area (Å²) in [6, 6.07) is 8.05. The Morgan fingerprint density at radius 1 is 1.22 bits per heavy atom. The van der Waals surface area contributed by atoms with Crippen molar-refractivity contribution in [2.24, 2.45) is 5.41 Å². The molecule has 0 spiro atoms. The van der Waals surface area contributed by atoms with Crippen LogP contribution in [0.4, 0.5) is 10.1 Å². The first-order valence-electron chi connectivity index (χ1n) is 12.4. The number of rotatable bonds is 7. The predicted octanol–water partition coefficient (Wildman–Crippen LogP) is 5.02. The van der Waals surface area contributed by atoms with Crippen LogP contribution in [0.15, 0.2) is 36.4 Å². The number of amides is 1. The summed E-state index contributed by atoms with van der Waals surface area (Å²) in [6.07, 6.45) is 1.88. The second-order valence-electron chi connectivity index (χ2n) is 11.2. The number of aldehydes is 1. The van der Waals surface area contributed by atoms with Gasteiger partial charge in [0.25, 0.3) is 0 Å². The van der Waals surface area contributed by atoms with Crippen molar-refractivity contribution in [2.75, 3.05) is 12.4 Å². The van der Waals surface area contributed by atoms with Crippen LogP contribution in [0, 0.1) is 11.2 Å². The maximum atomic E-state index is 15.7. The molecule has 2 fully saturated rings. The summed E-state index contributed by atoms with van der Waals surface area (Å²) in [5.41, 5.74) is -0.195. The van der Waals surface area contributed by atoms with E-state index in [-0.39, 0.29) is 46.6 Å². The molecule has 1 saturated carbocycles. The van der Waals surface area contributed by atoms with Gasteiger partial charge in [0.1, 0.15) is 17.9 Å². The van der Waals surface area contributed by atoms with E-state index in [0.29, 0.717) is 22.7 Å². The van der Waals surface area contributed by atoms with E-state index in [2.05, 4.69) is 16.0 Å². The zero-order chi connectivity index (χ0) is 27.1. The molecule has 0 radical (unpaired) electrons. The Morgan fingerprint density at radius 2 is 1.92 bits per heavy atom. The van der Waals surface area contributed by atoms with Crippen LogP contribution in [0.2, 0.25) is 10.0 Å². The molecule has 4 rings (SSSR count). The van der Waals surface area contributed by atoms with Crippen LogP contribution in [-0.4, -0.2) is 43.1 Å². The van der Waals surface area contributed by atoms with Crippen LogP contribution in [0.5, 0.6) is 0 Å². The van der Waals surface area contributed by atoms with Gasteiger partial charge >= 0.3 is 0 Å². The molecular formula is C28H32Cl2FN3O3. The van der Waals surface area contributed by atoms with Gasteiger partial charge in [0.15, 0.2) is 0 Å². The third kappa shape index (κ3) is 5.14. The molecule has 4 atom stereocenters. The SMILES string of the molecule is CNc1cc(Cl)ccc1C1(C=O)C(CC(C)(C)C)NC(C(=O)NC2CC(=O)C2)C1c1cccc(Cl)c1F. The summed E-state index contributed by atoms with van der Waals surface area (Å²) in [5, 5.41) is 9.85. The lowest BCUT2D eigenvalue weighted by atomic mass is 9.62. The number of ketones is 1. The van der Waals surface area contributed by atoms with E-state index in [1.807, 2.05) is 20.8 Å². The average molecular weight is 548 g/mol. The molecule has 6 nitrogen and oxygen atoms in total. The van der Waals surface area contributed by atoms with E-state index in [0.717, 1.165) is 6.29 Å². The lowest BCUT2D eigenvalue weighted by Gasteiger charge is -2.39. The number of carbonyl (C=O) groups is 3. The van der Waals surface area contributed by atoms with Crippen molar-refractivity contribution in [3.63, 3.8) is 0 Å². The monoisotopic (exact) mass is 547 g/mol. The van der Waals surface area contributed by atoms with Crippen LogP contribution in [-0.2, 0) is 19.8 Å². The van der Waals surface area contributed by atoms with E-state index in [1.165, 1.54) is 6.07 Å². The van der Waals surface area contributed by atoms with Crippen molar-refractivity contribution in [3.8, 4) is 0 Å². The molecule has 1 heterocycles. The Hall–Kier alpha value is -2.48. The van der Waals surface area contributed by atoms with Gasteiger partial charge in [0.2, 0.25) is 5.91 Å². The highest BCUT2D eigenvalue weighted by atomic mass is 35.5. The fraction of sp³-hybridized carbons (Fsp3) is 0.464. The zero-order valence-electron chi connectivity index (χ0n) is 21.3. The summed E-state index contributed by atoms with van der Waals surface area (Å²) >= 11 is 12.5. The first kappa shape index (κ1) is 27.6. The van der Waals surface area contributed by atoms with Gasteiger partial charge in [-0.05, 0) is 41.2 Å². The lowest BCUT2D eigenvalue weighted by molar-refractivity contribution is -0.129. The Balaban J connectivity index is 1.96. The third-order valence-electron chi connectivity index (χ3n) is 7.43. The van der Waals surface area contributed by atoms with E-state index >= 15 is 4.39 Å². The summed E-state index contributed by atoms with van der Waals surface area (Å²) in [7, 11) is 1.72. The molecule has 1 aliphatic carbocycles. The number of benzene rings is 2. The highest BCUT2D eigenvalue weighted by molar-refractivity contribution is 6.31. The van der Waals surface area contributed by atoms with Crippen molar-refractivity contribution in [1.29, 1.82) is 0 Å². The van der Waals surface area contributed by atoms with Crippen molar-refractivity contribution in [2.45, 2.75) is 69.5 Å². The second-order valence-corrected chi connectivity index (χ2v) is 12.1. The molecule has 0 bridgehead atoms. The quantitative estimate of drug-likeness (QED) is 0.423. The van der Waals surface area contributed by atoms with Gasteiger partial charge in [-0.1, -0.05) is 62.2 Å². The Bertz CT molecular complexity index is 1220. The van der Waals surface area contributed by atoms with Crippen LogP contribution >= 0.6 is 23.2 Å². The van der Waals surface area contributed by atoms with Crippen molar-refractivity contribution < 1.29 is 18.8 Å². The molecule has 1 saturated heterocycles. The summed E-state index contributed by atoms with van der Waals surface area (Å²) < 4.78 is 15.7. The van der Waals surface area contributed by atoms with E-state index in [9.17, 15) is 14.4 Å². The number of hydrogen-bond acceptors (Lipinski definition) is 5. The minimum atomic E-state index is -1.35. The molecule has 2 aromatic carbocycles. The smallest absolute Gasteiger partial charge is 0.238 e. The number of Topliss-reactive ketones (excluding diaryl/α,β-unsaturated/α-hetero) is 1. The number of hydrogen-bond donors (Lipinski definition) is 3. The summed E-state index contributed by atoms with van der Waals surface area (Å²) in [6.45, 7) is 6.15. The first-order valence-corrected chi connectivity index (χ1v) is 13.1. The molecule has 4 unspecified atom stereocenters. The molecule has 3 N–H and O–H groups in total. The molecule has 9 heteroatoms. The largest absolute Gasteiger partial charge is 0.388 e. The number of anilines is 1. The average Bonchev–Trinajstić information content (AvgIpc) is 3.12. The van der Waals surface area contributed by atoms with Gasteiger partial charge < -0.3 is 20.7 Å². The number of carbonyl (C=O) groups excluding carboxylic acids is 3. The molecule has 0 aromatic heterocycles. The topological polar surface area (TPSA) is 87.3 Å². The molecule has 2 aliphatic rings. The molecular weight excluding hydrogens is 516 g/mol. The molecule has 1 aliphatic heterocycles. The minimum absolute atomic E-state index is 0.0785. The van der Waals surface area contributed by atoms with Gasteiger partial charge in [-0.2, -0.15) is 0 Å². The predicted molar refractivity (Wildman–Crippen MR) is 144 cm³/mol. The Morgan fingerprint density at radius 3 is 2.51 bits per heavy atom. The Kier molecular flexibility index (Phi) is 7.71. The van der Waals surface area contributed by atoms with Crippen LogP contribution in [0.3, 0.4) is 0 Å². The van der Waals surface area contributed by atoms with Gasteiger partial charge in [-0.25, -0.2) is 4.39 Å². The van der Waals surface area contributed by atoms with Gasteiger partial charge in [-0.3, -0.25) is 9.59 Å². The van der Waals surface area contributed by atoms with Crippen LogP contribution in [0.25, 0.3) is 0 Å². The third-order valence-corrected chi connectivity index (χ3v) is 7.95. The van der Waals surface area contributed by atoms with Crippen molar-refractivity contribution in [1.82, 2.24) is 10.6 Å². The normalized spacial score (nSPS) is 26.0. The molecule has 1 amide bonds. The van der Waals surface area contributed by atoms with Crippen molar-refractivity contribution >= 4 is 46.9 Å². The van der Waals surface area contributed by atoms with Crippen LogP contribution < -0.4 is 16.0 Å². The van der Waals surface area contributed by atoms with E-state index in [4.69, 9.17) is 23.2 Å². The number of halogens is 3. The fourth-order valence-electron chi connectivity index (χ4n) is 5.77. The highest BCUT2D eigenvalue weighted by Gasteiger charge is 2.60. The van der Waals surface area contributed by atoms with Gasteiger partial charge in [0, 0.05) is 48.6 Å². The van der Waals surface area contributed by atoms with E-state index in [1.54, 1.807) is 37.4 Å². The maximum absolute atomic E-state index is 15.7. The highest BCUT2D eigenvalue weighted by Crippen LogP contribution is 2.53. The molecule has 198 valence electrons. The van der Waals surface area contributed by atoms with Crippen LogP contribution in [0.1, 0.15) is 57.1 Å². The maximum Gasteiger partial charge on any atom is 0.238 e. The standard InChI is InChI=1S/C28H32Cl2FN3O3/c1-27(2,3)13-22-28(14-35,19-9-8-15(29)10-21(19)32-4)23(18-6-5-7-20(30)24(18)31)25(34-22)26(37)33-16-11-17(36)12-16/h5-10,14,16,22-23,25,32,34H,11-13H2,1-4H3,(H,33,37). The van der Waals surface area contributed by atoms with Gasteiger partial charge in [0.05, 0.1) is 16.5 Å². The van der Waals surface area contributed by atoms with Gasteiger partial charge in [-0.15, -0.1) is 0 Å². The first-order chi connectivity index (χ1) is 17.4. The second kappa shape index (κ2) is 10.4. The lowest BCUT2D eigenvalue weighted by Crippen LogP contribution is -2.52. The number of nitrogens with one attached hydrogen (secondary N) is 3. The summed E-state index contributed by atoms with van der Waals surface area (Å²) in [4.78, 5) is 38.7.